The normalized spacial score (nSPS) is 17.9. The zero-order valence-corrected chi connectivity index (χ0v) is 14.0. The molecule has 2 aromatic carbocycles. The molecule has 3 rings (SSSR count). The number of benzene rings is 2. The Bertz CT molecular complexity index is 735. The Morgan fingerprint density at radius 1 is 1.17 bits per heavy atom. The number of hydrogen-bond acceptors (Lipinski definition) is 3. The van der Waals surface area contributed by atoms with Crippen molar-refractivity contribution in [3.8, 4) is 0 Å². The fourth-order valence-corrected chi connectivity index (χ4v) is 3.36. The number of piperidine rings is 1. The molecule has 0 unspecified atom stereocenters. The zero-order chi connectivity index (χ0) is 16.9. The quantitative estimate of drug-likeness (QED) is 0.793. The second kappa shape index (κ2) is 7.58. The summed E-state index contributed by atoms with van der Waals surface area (Å²) < 4.78 is 5.21. The number of fused-ring (bicyclic) bond motifs is 1. The maximum Gasteiger partial charge on any atom is 0.248 e. The van der Waals surface area contributed by atoms with Gasteiger partial charge in [-0.3, -0.25) is 9.59 Å². The number of likely N-dealkylation sites (tertiary alicyclic amines) is 1. The summed E-state index contributed by atoms with van der Waals surface area (Å²) in [5.41, 5.74) is 0.761. The van der Waals surface area contributed by atoms with Crippen molar-refractivity contribution < 1.29 is 14.3 Å². The Hall–Kier alpha value is -2.20. The molecule has 0 N–H and O–H groups in total. The fourth-order valence-electron chi connectivity index (χ4n) is 3.36. The average Bonchev–Trinajstić information content (AvgIpc) is 2.65. The van der Waals surface area contributed by atoms with Gasteiger partial charge >= 0.3 is 0 Å². The van der Waals surface area contributed by atoms with E-state index in [0.717, 1.165) is 29.2 Å². The van der Waals surface area contributed by atoms with Crippen LogP contribution in [0.1, 0.15) is 30.1 Å². The molecule has 4 nitrogen and oxygen atoms in total. The van der Waals surface area contributed by atoms with Crippen LogP contribution in [0, 0.1) is 5.92 Å². The van der Waals surface area contributed by atoms with Crippen LogP contribution in [0.3, 0.4) is 0 Å². The molecule has 24 heavy (non-hydrogen) atoms. The molecule has 126 valence electrons. The number of ether oxygens (including phenoxy) is 1. The van der Waals surface area contributed by atoms with E-state index in [9.17, 15) is 9.59 Å². The Labute approximate surface area is 142 Å². The van der Waals surface area contributed by atoms with E-state index in [0.29, 0.717) is 19.7 Å². The molecule has 0 aromatic heterocycles. The van der Waals surface area contributed by atoms with E-state index >= 15 is 0 Å². The van der Waals surface area contributed by atoms with Crippen molar-refractivity contribution in [2.45, 2.75) is 19.8 Å². The summed E-state index contributed by atoms with van der Waals surface area (Å²) in [5, 5.41) is 2.06. The number of carbonyl (C=O) groups is 2. The third kappa shape index (κ3) is 3.49. The van der Waals surface area contributed by atoms with Crippen LogP contribution >= 0.6 is 0 Å². The van der Waals surface area contributed by atoms with Crippen LogP contribution in [0.2, 0.25) is 0 Å². The minimum atomic E-state index is -0.130. The van der Waals surface area contributed by atoms with Gasteiger partial charge in [0.2, 0.25) is 5.91 Å². The van der Waals surface area contributed by atoms with Crippen molar-refractivity contribution in [2.24, 2.45) is 5.92 Å². The predicted octanol–water partition coefficient (Wildman–Crippen LogP) is 3.30. The lowest BCUT2D eigenvalue weighted by atomic mass is 9.88. The number of ketones is 1. The van der Waals surface area contributed by atoms with Crippen LogP contribution < -0.4 is 0 Å². The molecule has 0 radical (unpaired) electrons. The predicted molar refractivity (Wildman–Crippen MR) is 94.1 cm³/mol. The number of Topliss-reactive ketones (excluding diaryl/α,β-unsaturated/α-hetero) is 1. The van der Waals surface area contributed by atoms with Crippen LogP contribution in [-0.2, 0) is 9.53 Å². The monoisotopic (exact) mass is 325 g/mol. The summed E-state index contributed by atoms with van der Waals surface area (Å²) in [5.74, 6) is -0.0110. The summed E-state index contributed by atoms with van der Waals surface area (Å²) in [6, 6.07) is 13.8. The first-order valence-corrected chi connectivity index (χ1v) is 8.58. The highest BCUT2D eigenvalue weighted by atomic mass is 16.5. The highest BCUT2D eigenvalue weighted by Gasteiger charge is 2.29. The van der Waals surface area contributed by atoms with Crippen molar-refractivity contribution in [1.29, 1.82) is 0 Å². The van der Waals surface area contributed by atoms with E-state index in [1.165, 1.54) is 0 Å². The number of hydrogen-bond donors (Lipinski definition) is 0. The van der Waals surface area contributed by atoms with Crippen LogP contribution in [0.4, 0.5) is 0 Å². The Morgan fingerprint density at radius 2 is 1.96 bits per heavy atom. The molecule has 1 fully saturated rings. The van der Waals surface area contributed by atoms with Gasteiger partial charge in [-0.1, -0.05) is 42.5 Å². The number of amides is 1. The number of nitrogens with zero attached hydrogens (tertiary/aromatic N) is 1. The summed E-state index contributed by atoms with van der Waals surface area (Å²) in [7, 11) is 0. The first-order valence-electron chi connectivity index (χ1n) is 8.58. The van der Waals surface area contributed by atoms with Crippen LogP contribution in [-0.4, -0.2) is 42.9 Å². The lowest BCUT2D eigenvalue weighted by Gasteiger charge is -2.32. The number of rotatable bonds is 5. The van der Waals surface area contributed by atoms with Gasteiger partial charge in [-0.2, -0.15) is 0 Å². The van der Waals surface area contributed by atoms with Gasteiger partial charge < -0.3 is 9.64 Å². The molecular weight excluding hydrogens is 302 g/mol. The van der Waals surface area contributed by atoms with E-state index in [-0.39, 0.29) is 24.2 Å². The van der Waals surface area contributed by atoms with Crippen LogP contribution in [0.25, 0.3) is 10.8 Å². The molecule has 1 atom stereocenters. The molecule has 2 aromatic rings. The molecule has 1 aliphatic rings. The Balaban J connectivity index is 1.78. The largest absolute Gasteiger partial charge is 0.372 e. The second-order valence-electron chi connectivity index (χ2n) is 6.21. The van der Waals surface area contributed by atoms with E-state index in [2.05, 4.69) is 0 Å². The van der Waals surface area contributed by atoms with E-state index in [1.54, 1.807) is 4.90 Å². The summed E-state index contributed by atoms with van der Waals surface area (Å²) >= 11 is 0. The summed E-state index contributed by atoms with van der Waals surface area (Å²) in [6.07, 6.45) is 1.69. The van der Waals surface area contributed by atoms with Crippen molar-refractivity contribution in [3.05, 3.63) is 48.0 Å². The average molecular weight is 325 g/mol. The van der Waals surface area contributed by atoms with Crippen LogP contribution in [0.15, 0.2) is 42.5 Å². The molecule has 0 spiro atoms. The maximum atomic E-state index is 13.0. The van der Waals surface area contributed by atoms with Gasteiger partial charge in [0.05, 0.1) is 0 Å². The lowest BCUT2D eigenvalue weighted by molar-refractivity contribution is -0.137. The minimum absolute atomic E-state index is 0.0210. The van der Waals surface area contributed by atoms with Gasteiger partial charge in [-0.15, -0.1) is 0 Å². The highest BCUT2D eigenvalue weighted by molar-refractivity contribution is 6.09. The van der Waals surface area contributed by atoms with Crippen molar-refractivity contribution >= 4 is 22.5 Å². The highest BCUT2D eigenvalue weighted by Crippen LogP contribution is 2.26. The smallest absolute Gasteiger partial charge is 0.248 e. The maximum absolute atomic E-state index is 13.0. The summed E-state index contributed by atoms with van der Waals surface area (Å²) in [6.45, 7) is 3.71. The zero-order valence-electron chi connectivity index (χ0n) is 14.0. The van der Waals surface area contributed by atoms with Gasteiger partial charge in [-0.05, 0) is 30.5 Å². The Kier molecular flexibility index (Phi) is 5.26. The van der Waals surface area contributed by atoms with Gasteiger partial charge in [0, 0.05) is 31.2 Å². The standard InChI is InChI=1S/C20H23NO3/c1-2-24-14-19(22)21-12-6-9-16(13-21)20(23)18-11-5-8-15-7-3-4-10-17(15)18/h3-5,7-8,10-11,16H,2,6,9,12-14H2,1H3/t16-/m0/s1. The molecule has 0 bridgehead atoms. The number of carbonyl (C=O) groups excluding carboxylic acids is 2. The van der Waals surface area contributed by atoms with Crippen molar-refractivity contribution in [2.75, 3.05) is 26.3 Å². The SMILES string of the molecule is CCOCC(=O)N1CCC[C@H](C(=O)c2cccc3ccccc23)C1. The third-order valence-electron chi connectivity index (χ3n) is 4.63. The first-order chi connectivity index (χ1) is 11.7. The minimum Gasteiger partial charge on any atom is -0.372 e. The van der Waals surface area contributed by atoms with E-state index in [1.807, 2.05) is 49.4 Å². The van der Waals surface area contributed by atoms with Gasteiger partial charge in [0.1, 0.15) is 6.61 Å². The molecule has 1 heterocycles. The first kappa shape index (κ1) is 16.7. The Morgan fingerprint density at radius 3 is 2.79 bits per heavy atom. The van der Waals surface area contributed by atoms with Gasteiger partial charge in [0.25, 0.3) is 0 Å². The molecule has 0 saturated carbocycles. The van der Waals surface area contributed by atoms with Crippen molar-refractivity contribution in [3.63, 3.8) is 0 Å². The molecule has 0 aliphatic carbocycles. The van der Waals surface area contributed by atoms with Crippen molar-refractivity contribution in [1.82, 2.24) is 4.90 Å². The molecule has 1 saturated heterocycles. The third-order valence-corrected chi connectivity index (χ3v) is 4.63. The molecule has 1 amide bonds. The summed E-state index contributed by atoms with van der Waals surface area (Å²) in [4.78, 5) is 27.0. The van der Waals surface area contributed by atoms with Gasteiger partial charge in [-0.25, -0.2) is 0 Å². The molecule has 4 heteroatoms. The second-order valence-corrected chi connectivity index (χ2v) is 6.21. The molecule has 1 aliphatic heterocycles. The van der Waals surface area contributed by atoms with Crippen LogP contribution in [0.5, 0.6) is 0 Å². The van der Waals surface area contributed by atoms with E-state index < -0.39 is 0 Å². The molecular formula is C20H23NO3. The fraction of sp³-hybridized carbons (Fsp3) is 0.400. The van der Waals surface area contributed by atoms with Gasteiger partial charge in [0.15, 0.2) is 5.78 Å². The topological polar surface area (TPSA) is 46.6 Å². The van der Waals surface area contributed by atoms with E-state index in [4.69, 9.17) is 4.74 Å². The lowest BCUT2D eigenvalue weighted by Crippen LogP contribution is -2.43.